The third-order valence-electron chi connectivity index (χ3n) is 3.10. The van der Waals surface area contributed by atoms with E-state index in [2.05, 4.69) is 26.3 Å². The molecule has 1 saturated heterocycles. The number of fused-ring (bicyclic) bond motifs is 1. The summed E-state index contributed by atoms with van der Waals surface area (Å²) in [6.45, 7) is 0. The standard InChI is InChI=1S/C11H9BrF3N3/c12-11-16-10-7(14)4-8(18(10)17-11)5-2-1-3-6(13)9(5)15/h1-3,7-8,11,17H,4H2/t7-,8?,11?/m0/s1. The Morgan fingerprint density at radius 3 is 2.94 bits per heavy atom. The molecule has 2 heterocycles. The number of hydrogen-bond donors (Lipinski definition) is 1. The highest BCUT2D eigenvalue weighted by atomic mass is 79.9. The van der Waals surface area contributed by atoms with Crippen molar-refractivity contribution >= 4 is 21.8 Å². The van der Waals surface area contributed by atoms with E-state index in [4.69, 9.17) is 0 Å². The first kappa shape index (κ1) is 12.0. The van der Waals surface area contributed by atoms with Gasteiger partial charge in [0, 0.05) is 12.0 Å². The molecule has 2 unspecified atom stereocenters. The zero-order chi connectivity index (χ0) is 12.9. The Balaban J connectivity index is 1.99. The van der Waals surface area contributed by atoms with E-state index in [0.29, 0.717) is 0 Å². The second-order valence-corrected chi connectivity index (χ2v) is 5.05. The highest BCUT2D eigenvalue weighted by molar-refractivity contribution is 9.09. The number of halogens is 4. The number of hydrogen-bond acceptors (Lipinski definition) is 3. The van der Waals surface area contributed by atoms with Crippen molar-refractivity contribution in [1.29, 1.82) is 0 Å². The second-order valence-electron chi connectivity index (χ2n) is 4.18. The van der Waals surface area contributed by atoms with Crippen LogP contribution >= 0.6 is 15.9 Å². The number of nitrogens with zero attached hydrogens (tertiary/aromatic N) is 2. The lowest BCUT2D eigenvalue weighted by molar-refractivity contribution is 0.256. The molecule has 1 aromatic carbocycles. The molecule has 1 fully saturated rings. The van der Waals surface area contributed by atoms with Gasteiger partial charge in [0.05, 0.1) is 6.04 Å². The van der Waals surface area contributed by atoms with Crippen LogP contribution in [0.1, 0.15) is 18.0 Å². The van der Waals surface area contributed by atoms with Crippen LogP contribution in [0.2, 0.25) is 0 Å². The molecule has 96 valence electrons. The molecule has 0 amide bonds. The number of rotatable bonds is 1. The molecule has 1 N–H and O–H groups in total. The van der Waals surface area contributed by atoms with Crippen LogP contribution in [0.15, 0.2) is 23.2 Å². The fourth-order valence-corrected chi connectivity index (χ4v) is 2.75. The van der Waals surface area contributed by atoms with Crippen LogP contribution in [-0.4, -0.2) is 22.1 Å². The molecule has 2 aliphatic rings. The minimum atomic E-state index is -1.27. The van der Waals surface area contributed by atoms with Crippen LogP contribution in [0.25, 0.3) is 0 Å². The van der Waals surface area contributed by atoms with Gasteiger partial charge in [0.1, 0.15) is 0 Å². The summed E-state index contributed by atoms with van der Waals surface area (Å²) in [6.07, 6.45) is -1.21. The van der Waals surface area contributed by atoms with Gasteiger partial charge in [0.15, 0.2) is 28.7 Å². The molecule has 0 saturated carbocycles. The SMILES string of the molecule is Fc1cccc(C2C[C@H](F)C3=NC(Br)NN32)c1F. The van der Waals surface area contributed by atoms with Gasteiger partial charge in [-0.05, 0) is 22.0 Å². The molecule has 3 atom stereocenters. The van der Waals surface area contributed by atoms with E-state index in [1.807, 2.05) is 0 Å². The first-order chi connectivity index (χ1) is 8.58. The van der Waals surface area contributed by atoms with Crippen molar-refractivity contribution in [3.63, 3.8) is 0 Å². The lowest BCUT2D eigenvalue weighted by atomic mass is 10.0. The van der Waals surface area contributed by atoms with E-state index in [-0.39, 0.29) is 17.8 Å². The largest absolute Gasteiger partial charge is 0.283 e. The maximum Gasteiger partial charge on any atom is 0.174 e. The van der Waals surface area contributed by atoms with Crippen molar-refractivity contribution in [2.75, 3.05) is 0 Å². The minimum Gasteiger partial charge on any atom is -0.283 e. The van der Waals surface area contributed by atoms with E-state index < -0.39 is 28.9 Å². The third kappa shape index (κ3) is 1.73. The summed E-state index contributed by atoms with van der Waals surface area (Å²) in [7, 11) is 0. The lowest BCUT2D eigenvalue weighted by Gasteiger charge is -2.23. The Bertz CT molecular complexity index is 522. The van der Waals surface area contributed by atoms with Crippen molar-refractivity contribution in [2.24, 2.45) is 4.99 Å². The molecule has 0 radical (unpaired) electrons. The second kappa shape index (κ2) is 4.24. The average Bonchev–Trinajstić information content (AvgIpc) is 2.83. The summed E-state index contributed by atoms with van der Waals surface area (Å²) in [4.78, 5) is 4.02. The fourth-order valence-electron chi connectivity index (χ4n) is 2.32. The molecule has 2 aliphatic heterocycles. The summed E-state index contributed by atoms with van der Waals surface area (Å²) < 4.78 is 40.7. The summed E-state index contributed by atoms with van der Waals surface area (Å²) in [5.41, 5.74) is 2.99. The minimum absolute atomic E-state index is 0.0614. The van der Waals surface area contributed by atoms with Crippen LogP contribution in [0.4, 0.5) is 13.2 Å². The molecule has 0 aliphatic carbocycles. The van der Waals surface area contributed by atoms with Crippen LogP contribution in [0, 0.1) is 11.6 Å². The van der Waals surface area contributed by atoms with E-state index in [9.17, 15) is 13.2 Å². The van der Waals surface area contributed by atoms with E-state index in [0.717, 1.165) is 6.07 Å². The van der Waals surface area contributed by atoms with E-state index >= 15 is 0 Å². The van der Waals surface area contributed by atoms with Gasteiger partial charge in [-0.25, -0.2) is 18.2 Å². The molecule has 0 bridgehead atoms. The van der Waals surface area contributed by atoms with Crippen molar-refractivity contribution < 1.29 is 13.2 Å². The summed E-state index contributed by atoms with van der Waals surface area (Å²) >= 11 is 3.18. The number of aliphatic imine (C=N–C) groups is 1. The van der Waals surface area contributed by atoms with Crippen LogP contribution < -0.4 is 5.43 Å². The number of amidine groups is 1. The predicted octanol–water partition coefficient (Wildman–Crippen LogP) is 2.64. The van der Waals surface area contributed by atoms with Gasteiger partial charge < -0.3 is 0 Å². The Morgan fingerprint density at radius 2 is 2.17 bits per heavy atom. The number of benzene rings is 1. The highest BCUT2D eigenvalue weighted by Gasteiger charge is 2.44. The van der Waals surface area contributed by atoms with Gasteiger partial charge in [0.25, 0.3) is 0 Å². The zero-order valence-corrected chi connectivity index (χ0v) is 10.7. The van der Waals surface area contributed by atoms with Gasteiger partial charge in [-0.2, -0.15) is 5.43 Å². The van der Waals surface area contributed by atoms with Crippen LogP contribution in [-0.2, 0) is 0 Å². The van der Waals surface area contributed by atoms with Crippen molar-refractivity contribution in [3.8, 4) is 0 Å². The molecule has 0 spiro atoms. The van der Waals surface area contributed by atoms with E-state index in [1.54, 1.807) is 0 Å². The quantitative estimate of drug-likeness (QED) is 0.636. The van der Waals surface area contributed by atoms with Crippen molar-refractivity contribution in [3.05, 3.63) is 35.4 Å². The molecule has 18 heavy (non-hydrogen) atoms. The van der Waals surface area contributed by atoms with Crippen molar-refractivity contribution in [1.82, 2.24) is 10.4 Å². The highest BCUT2D eigenvalue weighted by Crippen LogP contribution is 2.38. The Morgan fingerprint density at radius 1 is 1.39 bits per heavy atom. The molecule has 0 aromatic heterocycles. The number of nitrogens with one attached hydrogen (secondary N) is 1. The third-order valence-corrected chi connectivity index (χ3v) is 3.51. The fraction of sp³-hybridized carbons (Fsp3) is 0.364. The lowest BCUT2D eigenvalue weighted by Crippen LogP contribution is -2.38. The molecule has 3 nitrogen and oxygen atoms in total. The van der Waals surface area contributed by atoms with Gasteiger partial charge in [-0.15, -0.1) is 0 Å². The summed E-state index contributed by atoms with van der Waals surface area (Å²) in [6, 6.07) is 3.33. The van der Waals surface area contributed by atoms with Gasteiger partial charge in [-0.3, -0.25) is 5.01 Å². The molecule has 3 rings (SSSR count). The number of alkyl halides is 2. The Labute approximate surface area is 110 Å². The smallest absolute Gasteiger partial charge is 0.174 e. The first-order valence-corrected chi connectivity index (χ1v) is 6.34. The summed E-state index contributed by atoms with van der Waals surface area (Å²) in [5.74, 6) is -1.64. The topological polar surface area (TPSA) is 27.6 Å². The number of hydrazine groups is 1. The van der Waals surface area contributed by atoms with Crippen molar-refractivity contribution in [2.45, 2.75) is 23.7 Å². The molecule has 1 aromatic rings. The van der Waals surface area contributed by atoms with Gasteiger partial charge in [-0.1, -0.05) is 12.1 Å². The summed E-state index contributed by atoms with van der Waals surface area (Å²) in [5, 5.41) is 1.03. The van der Waals surface area contributed by atoms with Gasteiger partial charge in [0.2, 0.25) is 0 Å². The maximum absolute atomic E-state index is 13.8. The maximum atomic E-state index is 13.8. The predicted molar refractivity (Wildman–Crippen MR) is 63.7 cm³/mol. The Hall–Kier alpha value is -1.08. The van der Waals surface area contributed by atoms with Gasteiger partial charge >= 0.3 is 0 Å². The monoisotopic (exact) mass is 319 g/mol. The first-order valence-electron chi connectivity index (χ1n) is 5.43. The van der Waals surface area contributed by atoms with Crippen LogP contribution in [0.5, 0.6) is 0 Å². The molecular weight excluding hydrogens is 311 g/mol. The van der Waals surface area contributed by atoms with Crippen LogP contribution in [0.3, 0.4) is 0 Å². The molecule has 7 heteroatoms. The Kier molecular flexibility index (Phi) is 2.82. The molecular formula is C11H9BrF3N3. The zero-order valence-electron chi connectivity index (χ0n) is 9.08. The normalized spacial score (nSPS) is 30.6. The van der Waals surface area contributed by atoms with E-state index in [1.165, 1.54) is 17.1 Å². The average molecular weight is 320 g/mol.